The third-order valence-electron chi connectivity index (χ3n) is 5.57. The molecule has 0 spiro atoms. The molecule has 2 saturated carbocycles. The summed E-state index contributed by atoms with van der Waals surface area (Å²) in [6.07, 6.45) is 8.96. The molecule has 0 aliphatic heterocycles. The monoisotopic (exact) mass is 295 g/mol. The largest absolute Gasteiger partial charge is 0.409 e. The van der Waals surface area contributed by atoms with Gasteiger partial charge in [0.05, 0.1) is 0 Å². The molecule has 0 aromatic carbocycles. The van der Waals surface area contributed by atoms with Gasteiger partial charge in [0.25, 0.3) is 0 Å². The number of oxime groups is 1. The van der Waals surface area contributed by atoms with Crippen molar-refractivity contribution in [3.05, 3.63) is 0 Å². The highest BCUT2D eigenvalue weighted by molar-refractivity contribution is 6.06. The first-order valence-corrected chi connectivity index (χ1v) is 8.26. The summed E-state index contributed by atoms with van der Waals surface area (Å²) in [5.74, 6) is 0.915. The smallest absolute Gasteiger partial charge is 0.236 e. The van der Waals surface area contributed by atoms with Crippen molar-refractivity contribution >= 4 is 11.7 Å². The van der Waals surface area contributed by atoms with Gasteiger partial charge in [-0.2, -0.15) is 0 Å². The Hall–Kier alpha value is -1.26. The number of hydrogen-bond donors (Lipinski definition) is 2. The molecule has 0 saturated heterocycles. The lowest BCUT2D eigenvalue weighted by Gasteiger charge is -2.41. The van der Waals surface area contributed by atoms with Crippen LogP contribution in [-0.4, -0.2) is 34.9 Å². The molecule has 2 aliphatic rings. The van der Waals surface area contributed by atoms with Gasteiger partial charge in [-0.3, -0.25) is 4.79 Å². The van der Waals surface area contributed by atoms with Gasteiger partial charge in [-0.25, -0.2) is 0 Å². The van der Waals surface area contributed by atoms with Crippen LogP contribution in [0.2, 0.25) is 0 Å². The van der Waals surface area contributed by atoms with Crippen LogP contribution in [0.25, 0.3) is 0 Å². The predicted molar refractivity (Wildman–Crippen MR) is 83.1 cm³/mol. The number of amidine groups is 1. The van der Waals surface area contributed by atoms with Gasteiger partial charge in [-0.15, -0.1) is 0 Å². The Balaban J connectivity index is 2.14. The summed E-state index contributed by atoms with van der Waals surface area (Å²) in [7, 11) is 1.89. The van der Waals surface area contributed by atoms with Gasteiger partial charge in [0.15, 0.2) is 5.84 Å². The standard InChI is InChI=1S/C16H29N3O2/c1-12-6-8-13(9-7-12)19(2)15(20)16(14(17)18-21)10-4-3-5-11-16/h12-13,21H,3-11H2,1-2H3,(H2,17,18). The molecule has 2 aliphatic carbocycles. The van der Waals surface area contributed by atoms with Gasteiger partial charge in [-0.05, 0) is 44.4 Å². The van der Waals surface area contributed by atoms with E-state index in [1.54, 1.807) is 0 Å². The predicted octanol–water partition coefficient (Wildman–Crippen LogP) is 2.72. The minimum Gasteiger partial charge on any atom is -0.409 e. The van der Waals surface area contributed by atoms with E-state index in [0.29, 0.717) is 18.9 Å². The van der Waals surface area contributed by atoms with Crippen molar-refractivity contribution in [3.8, 4) is 0 Å². The summed E-state index contributed by atoms with van der Waals surface area (Å²) in [6.45, 7) is 2.27. The number of amides is 1. The normalized spacial score (nSPS) is 29.9. The Bertz CT molecular complexity index is 394. The van der Waals surface area contributed by atoms with Crippen molar-refractivity contribution in [2.75, 3.05) is 7.05 Å². The first-order chi connectivity index (χ1) is 10.0. The van der Waals surface area contributed by atoms with Crippen LogP contribution in [0.15, 0.2) is 5.16 Å². The van der Waals surface area contributed by atoms with Gasteiger partial charge in [0.2, 0.25) is 5.91 Å². The minimum atomic E-state index is -0.773. The molecule has 5 nitrogen and oxygen atoms in total. The van der Waals surface area contributed by atoms with E-state index in [9.17, 15) is 4.79 Å². The second-order valence-electron chi connectivity index (χ2n) is 6.96. The van der Waals surface area contributed by atoms with E-state index in [1.807, 2.05) is 11.9 Å². The fraction of sp³-hybridized carbons (Fsp3) is 0.875. The zero-order valence-corrected chi connectivity index (χ0v) is 13.3. The fourth-order valence-corrected chi connectivity index (χ4v) is 3.96. The SMILES string of the molecule is CC1CCC(N(C)C(=O)C2(C(N)=NO)CCCCC2)CC1. The molecule has 0 aromatic rings. The summed E-state index contributed by atoms with van der Waals surface area (Å²) in [5, 5.41) is 12.3. The van der Waals surface area contributed by atoms with E-state index >= 15 is 0 Å². The third kappa shape index (κ3) is 3.16. The Morgan fingerprint density at radius 1 is 1.19 bits per heavy atom. The van der Waals surface area contributed by atoms with Crippen LogP contribution in [0.3, 0.4) is 0 Å². The lowest BCUT2D eigenvalue weighted by atomic mass is 9.71. The van der Waals surface area contributed by atoms with Crippen molar-refractivity contribution in [1.82, 2.24) is 4.90 Å². The molecule has 0 heterocycles. The van der Waals surface area contributed by atoms with E-state index in [2.05, 4.69) is 12.1 Å². The van der Waals surface area contributed by atoms with Crippen LogP contribution in [0.4, 0.5) is 0 Å². The number of carbonyl (C=O) groups excluding carboxylic acids is 1. The summed E-state index contributed by atoms with van der Waals surface area (Å²) < 4.78 is 0. The Morgan fingerprint density at radius 2 is 1.76 bits per heavy atom. The van der Waals surface area contributed by atoms with Crippen LogP contribution in [0, 0.1) is 11.3 Å². The number of hydrogen-bond acceptors (Lipinski definition) is 3. The van der Waals surface area contributed by atoms with E-state index in [0.717, 1.165) is 38.0 Å². The first kappa shape index (κ1) is 16.1. The molecule has 2 fully saturated rings. The Kier molecular flexibility index (Phi) is 5.12. The van der Waals surface area contributed by atoms with Crippen molar-refractivity contribution < 1.29 is 10.0 Å². The number of carbonyl (C=O) groups is 1. The van der Waals surface area contributed by atoms with Crippen molar-refractivity contribution in [3.63, 3.8) is 0 Å². The second kappa shape index (κ2) is 6.67. The van der Waals surface area contributed by atoms with Gasteiger partial charge < -0.3 is 15.8 Å². The highest BCUT2D eigenvalue weighted by Gasteiger charge is 2.46. The molecule has 2 rings (SSSR count). The van der Waals surface area contributed by atoms with Crippen LogP contribution < -0.4 is 5.73 Å². The summed E-state index contributed by atoms with van der Waals surface area (Å²) in [6, 6.07) is 0.305. The molecule has 0 radical (unpaired) electrons. The molecular weight excluding hydrogens is 266 g/mol. The highest BCUT2D eigenvalue weighted by Crippen LogP contribution is 2.39. The average Bonchev–Trinajstić information content (AvgIpc) is 2.54. The topological polar surface area (TPSA) is 78.9 Å². The van der Waals surface area contributed by atoms with Crippen LogP contribution in [0.5, 0.6) is 0 Å². The summed E-state index contributed by atoms with van der Waals surface area (Å²) in [5.41, 5.74) is 5.15. The molecule has 21 heavy (non-hydrogen) atoms. The van der Waals surface area contributed by atoms with Gasteiger partial charge >= 0.3 is 0 Å². The van der Waals surface area contributed by atoms with Crippen molar-refractivity contribution in [2.45, 2.75) is 70.8 Å². The number of nitrogens with two attached hydrogens (primary N) is 1. The zero-order valence-electron chi connectivity index (χ0n) is 13.3. The second-order valence-corrected chi connectivity index (χ2v) is 6.96. The minimum absolute atomic E-state index is 0.0528. The molecule has 0 bridgehead atoms. The highest BCUT2D eigenvalue weighted by atomic mass is 16.4. The van der Waals surface area contributed by atoms with Gasteiger partial charge in [0.1, 0.15) is 5.41 Å². The Labute approximate surface area is 127 Å². The van der Waals surface area contributed by atoms with E-state index in [4.69, 9.17) is 10.9 Å². The van der Waals surface area contributed by atoms with Gasteiger partial charge in [0, 0.05) is 13.1 Å². The van der Waals surface area contributed by atoms with Crippen LogP contribution >= 0.6 is 0 Å². The molecule has 1 amide bonds. The van der Waals surface area contributed by atoms with Crippen LogP contribution in [-0.2, 0) is 4.79 Å². The van der Waals surface area contributed by atoms with E-state index < -0.39 is 5.41 Å². The lowest BCUT2D eigenvalue weighted by Crippen LogP contribution is -2.54. The van der Waals surface area contributed by atoms with E-state index in [-0.39, 0.29) is 11.7 Å². The quantitative estimate of drug-likeness (QED) is 0.364. The molecule has 0 unspecified atom stereocenters. The maximum Gasteiger partial charge on any atom is 0.236 e. The lowest BCUT2D eigenvalue weighted by molar-refractivity contribution is -0.141. The Morgan fingerprint density at radius 3 is 2.29 bits per heavy atom. The average molecular weight is 295 g/mol. The number of nitrogens with zero attached hydrogens (tertiary/aromatic N) is 2. The molecular formula is C16H29N3O2. The first-order valence-electron chi connectivity index (χ1n) is 8.26. The van der Waals surface area contributed by atoms with E-state index in [1.165, 1.54) is 12.8 Å². The third-order valence-corrected chi connectivity index (χ3v) is 5.57. The zero-order chi connectivity index (χ0) is 15.5. The summed E-state index contributed by atoms with van der Waals surface area (Å²) >= 11 is 0. The van der Waals surface area contributed by atoms with Crippen LogP contribution in [0.1, 0.15) is 64.7 Å². The van der Waals surface area contributed by atoms with Gasteiger partial charge in [-0.1, -0.05) is 31.3 Å². The number of rotatable bonds is 3. The summed E-state index contributed by atoms with van der Waals surface area (Å²) in [4.78, 5) is 14.9. The molecule has 0 aromatic heterocycles. The maximum atomic E-state index is 13.1. The van der Waals surface area contributed by atoms with Crippen molar-refractivity contribution in [2.24, 2.45) is 22.2 Å². The molecule has 5 heteroatoms. The van der Waals surface area contributed by atoms with Crippen molar-refractivity contribution in [1.29, 1.82) is 0 Å². The molecule has 120 valence electrons. The maximum absolute atomic E-state index is 13.1. The fourth-order valence-electron chi connectivity index (χ4n) is 3.96. The molecule has 3 N–H and O–H groups in total. The molecule has 0 atom stereocenters.